The molecule has 0 spiro atoms. The third-order valence-electron chi connectivity index (χ3n) is 6.73. The van der Waals surface area contributed by atoms with Gasteiger partial charge in [0.05, 0.1) is 18.6 Å². The highest BCUT2D eigenvalue weighted by molar-refractivity contribution is 5.49. The van der Waals surface area contributed by atoms with E-state index in [0.717, 1.165) is 62.1 Å². The van der Waals surface area contributed by atoms with Crippen LogP contribution in [0.15, 0.2) is 42.7 Å². The molecule has 2 aliphatic rings. The minimum absolute atomic E-state index is 0.186. The minimum Gasteiger partial charge on any atom is -0.493 e. The molecule has 30 heavy (non-hydrogen) atoms. The summed E-state index contributed by atoms with van der Waals surface area (Å²) in [6.45, 7) is 0.756. The largest absolute Gasteiger partial charge is 0.493 e. The SMILES string of the molecule is COc1ccc([C@]2(C#Cc3ccncc3)CC[C@@H](CN)CC2)cc1OC1CCCC1. The van der Waals surface area contributed by atoms with Crippen LogP contribution in [-0.2, 0) is 5.41 Å². The van der Waals surface area contributed by atoms with Crippen molar-refractivity contribution in [3.8, 4) is 23.3 Å². The van der Waals surface area contributed by atoms with Gasteiger partial charge >= 0.3 is 0 Å². The molecule has 0 unspecified atom stereocenters. The Labute approximate surface area is 180 Å². The number of hydrogen-bond donors (Lipinski definition) is 1. The number of aromatic nitrogens is 1. The molecular weight excluding hydrogens is 372 g/mol. The number of benzene rings is 1. The van der Waals surface area contributed by atoms with Crippen LogP contribution in [0.2, 0.25) is 0 Å². The molecule has 1 heterocycles. The summed E-state index contributed by atoms with van der Waals surface area (Å²) in [6.07, 6.45) is 12.9. The standard InChI is InChI=1S/C26H32N2O2/c1-29-24-7-6-22(18-25(24)30-23-4-2-3-5-23)26(14-9-21(19-27)10-15-26)13-8-20-11-16-28-17-12-20/h6-7,11-12,16-18,21,23H,2-5,9-10,14-15,19,27H2,1H3/t21-,26-. The Morgan fingerprint density at radius 3 is 2.43 bits per heavy atom. The summed E-state index contributed by atoms with van der Waals surface area (Å²) in [7, 11) is 1.71. The van der Waals surface area contributed by atoms with Gasteiger partial charge in [-0.05, 0) is 93.7 Å². The van der Waals surface area contributed by atoms with Crippen molar-refractivity contribution < 1.29 is 9.47 Å². The van der Waals surface area contributed by atoms with E-state index >= 15 is 0 Å². The van der Waals surface area contributed by atoms with Gasteiger partial charge in [0, 0.05) is 18.0 Å². The number of nitrogens with two attached hydrogens (primary N) is 1. The molecule has 1 aromatic heterocycles. The van der Waals surface area contributed by atoms with E-state index < -0.39 is 0 Å². The van der Waals surface area contributed by atoms with E-state index in [4.69, 9.17) is 15.2 Å². The number of rotatable bonds is 5. The van der Waals surface area contributed by atoms with Gasteiger partial charge in [0.1, 0.15) is 0 Å². The predicted octanol–water partition coefficient (Wildman–Crippen LogP) is 4.85. The van der Waals surface area contributed by atoms with Crippen LogP contribution in [0.1, 0.15) is 62.5 Å². The van der Waals surface area contributed by atoms with Crippen LogP contribution in [0, 0.1) is 17.8 Å². The summed E-state index contributed by atoms with van der Waals surface area (Å²) in [5.41, 5.74) is 8.01. The minimum atomic E-state index is -0.186. The fraction of sp³-hybridized carbons (Fsp3) is 0.500. The molecule has 0 bridgehead atoms. The van der Waals surface area contributed by atoms with Crippen LogP contribution in [-0.4, -0.2) is 24.7 Å². The monoisotopic (exact) mass is 404 g/mol. The molecule has 0 atom stereocenters. The second-order valence-electron chi connectivity index (χ2n) is 8.64. The molecule has 4 rings (SSSR count). The van der Waals surface area contributed by atoms with Gasteiger partial charge in [0.25, 0.3) is 0 Å². The van der Waals surface area contributed by atoms with Gasteiger partial charge < -0.3 is 15.2 Å². The van der Waals surface area contributed by atoms with Gasteiger partial charge in [-0.3, -0.25) is 4.98 Å². The maximum Gasteiger partial charge on any atom is 0.161 e. The van der Waals surface area contributed by atoms with Crippen molar-refractivity contribution in [2.24, 2.45) is 11.7 Å². The molecule has 2 aliphatic carbocycles. The van der Waals surface area contributed by atoms with Crippen LogP contribution in [0.5, 0.6) is 11.5 Å². The van der Waals surface area contributed by atoms with Crippen molar-refractivity contribution in [2.75, 3.05) is 13.7 Å². The van der Waals surface area contributed by atoms with E-state index in [9.17, 15) is 0 Å². The third-order valence-corrected chi connectivity index (χ3v) is 6.73. The van der Waals surface area contributed by atoms with E-state index in [0.29, 0.717) is 12.0 Å². The van der Waals surface area contributed by atoms with Crippen LogP contribution < -0.4 is 15.2 Å². The van der Waals surface area contributed by atoms with Gasteiger partial charge in [-0.25, -0.2) is 0 Å². The molecule has 4 nitrogen and oxygen atoms in total. The molecule has 2 aromatic rings. The average molecular weight is 405 g/mol. The predicted molar refractivity (Wildman–Crippen MR) is 120 cm³/mol. The van der Waals surface area contributed by atoms with Crippen LogP contribution in [0.25, 0.3) is 0 Å². The Bertz CT molecular complexity index is 886. The van der Waals surface area contributed by atoms with Crippen LogP contribution >= 0.6 is 0 Å². The highest BCUT2D eigenvalue weighted by atomic mass is 16.5. The molecule has 0 radical (unpaired) electrons. The normalized spacial score (nSPS) is 24.1. The van der Waals surface area contributed by atoms with Crippen molar-refractivity contribution in [1.82, 2.24) is 4.98 Å². The smallest absolute Gasteiger partial charge is 0.161 e. The quantitative estimate of drug-likeness (QED) is 0.724. The van der Waals surface area contributed by atoms with Gasteiger partial charge in [0.15, 0.2) is 11.5 Å². The maximum atomic E-state index is 6.38. The first-order valence-corrected chi connectivity index (χ1v) is 11.2. The highest BCUT2D eigenvalue weighted by Gasteiger charge is 2.36. The molecule has 2 fully saturated rings. The molecule has 2 saturated carbocycles. The number of ether oxygens (including phenoxy) is 2. The van der Waals surface area contributed by atoms with E-state index in [1.807, 2.05) is 18.2 Å². The Morgan fingerprint density at radius 1 is 1.03 bits per heavy atom. The topological polar surface area (TPSA) is 57.4 Å². The Hall–Kier alpha value is -2.51. The lowest BCUT2D eigenvalue weighted by atomic mass is 9.67. The van der Waals surface area contributed by atoms with Gasteiger partial charge in [-0.1, -0.05) is 17.9 Å². The molecule has 0 amide bonds. The summed E-state index contributed by atoms with van der Waals surface area (Å²) in [5.74, 6) is 9.32. The second-order valence-corrected chi connectivity index (χ2v) is 8.64. The number of nitrogens with zero attached hydrogens (tertiary/aromatic N) is 1. The Kier molecular flexibility index (Phi) is 6.59. The summed E-state index contributed by atoms with van der Waals surface area (Å²) in [4.78, 5) is 4.10. The third kappa shape index (κ3) is 4.63. The van der Waals surface area contributed by atoms with Crippen LogP contribution in [0.3, 0.4) is 0 Å². The lowest BCUT2D eigenvalue weighted by Crippen LogP contribution is -2.33. The molecule has 2 N–H and O–H groups in total. The lowest BCUT2D eigenvalue weighted by Gasteiger charge is -2.37. The fourth-order valence-electron chi connectivity index (χ4n) is 4.77. The number of hydrogen-bond acceptors (Lipinski definition) is 4. The van der Waals surface area contributed by atoms with Crippen molar-refractivity contribution in [1.29, 1.82) is 0 Å². The van der Waals surface area contributed by atoms with E-state index in [1.165, 1.54) is 18.4 Å². The Balaban J connectivity index is 1.69. The summed E-state index contributed by atoms with van der Waals surface area (Å²) in [6, 6.07) is 10.3. The molecule has 0 aliphatic heterocycles. The summed E-state index contributed by atoms with van der Waals surface area (Å²) in [5, 5.41) is 0. The van der Waals surface area contributed by atoms with E-state index in [1.54, 1.807) is 19.5 Å². The average Bonchev–Trinajstić information content (AvgIpc) is 3.32. The first kappa shape index (κ1) is 20.8. The maximum absolute atomic E-state index is 6.38. The van der Waals surface area contributed by atoms with Gasteiger partial charge in [0.2, 0.25) is 0 Å². The molecule has 158 valence electrons. The highest BCUT2D eigenvalue weighted by Crippen LogP contribution is 2.44. The lowest BCUT2D eigenvalue weighted by molar-refractivity contribution is 0.200. The molecule has 1 aromatic carbocycles. The van der Waals surface area contributed by atoms with Crippen LogP contribution in [0.4, 0.5) is 0 Å². The zero-order chi connectivity index (χ0) is 20.8. The van der Waals surface area contributed by atoms with Crippen molar-refractivity contribution in [2.45, 2.75) is 62.9 Å². The van der Waals surface area contributed by atoms with Gasteiger partial charge in [-0.15, -0.1) is 0 Å². The zero-order valence-corrected chi connectivity index (χ0v) is 17.9. The first-order chi connectivity index (χ1) is 14.7. The second kappa shape index (κ2) is 9.53. The first-order valence-electron chi connectivity index (χ1n) is 11.2. The Morgan fingerprint density at radius 2 is 1.77 bits per heavy atom. The van der Waals surface area contributed by atoms with Crippen molar-refractivity contribution in [3.63, 3.8) is 0 Å². The van der Waals surface area contributed by atoms with E-state index in [2.05, 4.69) is 29.0 Å². The van der Waals surface area contributed by atoms with Gasteiger partial charge in [-0.2, -0.15) is 0 Å². The molecular formula is C26H32N2O2. The molecule has 4 heteroatoms. The summed E-state index contributed by atoms with van der Waals surface area (Å²) < 4.78 is 12.0. The van der Waals surface area contributed by atoms with Crippen molar-refractivity contribution >= 4 is 0 Å². The molecule has 0 saturated heterocycles. The fourth-order valence-corrected chi connectivity index (χ4v) is 4.77. The zero-order valence-electron chi connectivity index (χ0n) is 17.9. The van der Waals surface area contributed by atoms with Crippen molar-refractivity contribution in [3.05, 3.63) is 53.9 Å². The number of methoxy groups -OCH3 is 1. The number of pyridine rings is 1. The van der Waals surface area contributed by atoms with E-state index in [-0.39, 0.29) is 5.41 Å². The summed E-state index contributed by atoms with van der Waals surface area (Å²) >= 11 is 0.